The minimum absolute atomic E-state index is 0.0283. The molecule has 34 heavy (non-hydrogen) atoms. The van der Waals surface area contributed by atoms with Gasteiger partial charge < -0.3 is 14.6 Å². The monoisotopic (exact) mass is 455 g/mol. The molecule has 0 bridgehead atoms. The van der Waals surface area contributed by atoms with Gasteiger partial charge in [-0.1, -0.05) is 57.2 Å². The van der Waals surface area contributed by atoms with E-state index in [1.807, 2.05) is 30.5 Å². The number of nitriles is 1. The number of aliphatic carboxylic acids is 1. The van der Waals surface area contributed by atoms with E-state index < -0.39 is 24.1 Å². The van der Waals surface area contributed by atoms with E-state index in [0.717, 1.165) is 41.6 Å². The molecule has 0 saturated heterocycles. The summed E-state index contributed by atoms with van der Waals surface area (Å²) in [5.74, 6) is -1.99. The van der Waals surface area contributed by atoms with Gasteiger partial charge in [0.25, 0.3) is 5.70 Å². The molecule has 0 fully saturated rings. The van der Waals surface area contributed by atoms with Gasteiger partial charge in [0.05, 0.1) is 30.5 Å². The fourth-order valence-corrected chi connectivity index (χ4v) is 4.29. The van der Waals surface area contributed by atoms with E-state index in [0.29, 0.717) is 5.56 Å². The fraction of sp³-hybridized carbons (Fsp3) is 0.346. The van der Waals surface area contributed by atoms with Crippen LogP contribution in [-0.2, 0) is 16.1 Å². The van der Waals surface area contributed by atoms with E-state index in [1.54, 1.807) is 6.07 Å². The standard InChI is InChI=1S/C26H25N5O3/c1-4-5-6-7-8-11-14-30-16-19(18-12-9-10-13-21(18)30)23-24(29-3)25(20(15-27)28-2)31(26(23)34)17-22(32)33/h9-10,12-13,16H,4-8,11,14,17H2,1H3,(H,32,33)/b25-20+. The summed E-state index contributed by atoms with van der Waals surface area (Å²) in [6.45, 7) is 17.2. The van der Waals surface area contributed by atoms with Crippen LogP contribution in [-0.4, -0.2) is 33.0 Å². The molecule has 2 aromatic rings. The number of aromatic nitrogens is 1. The van der Waals surface area contributed by atoms with Crippen molar-refractivity contribution in [3.05, 3.63) is 76.0 Å². The first kappa shape index (κ1) is 24.3. The van der Waals surface area contributed by atoms with Gasteiger partial charge in [-0.3, -0.25) is 9.59 Å². The van der Waals surface area contributed by atoms with E-state index in [1.165, 1.54) is 19.3 Å². The predicted molar refractivity (Wildman–Crippen MR) is 127 cm³/mol. The highest BCUT2D eigenvalue weighted by molar-refractivity contribution is 6.28. The summed E-state index contributed by atoms with van der Waals surface area (Å²) >= 11 is 0. The van der Waals surface area contributed by atoms with Crippen LogP contribution in [0.15, 0.2) is 47.6 Å². The molecule has 8 nitrogen and oxygen atoms in total. The van der Waals surface area contributed by atoms with Gasteiger partial charge in [-0.25, -0.2) is 15.0 Å². The molecular weight excluding hydrogens is 430 g/mol. The summed E-state index contributed by atoms with van der Waals surface area (Å²) in [6, 6.07) is 9.24. The van der Waals surface area contributed by atoms with Crippen molar-refractivity contribution in [2.75, 3.05) is 6.54 Å². The molecule has 1 amide bonds. The number of carbonyl (C=O) groups is 2. The molecule has 8 heteroatoms. The third kappa shape index (κ3) is 4.70. The average molecular weight is 456 g/mol. The van der Waals surface area contributed by atoms with Crippen LogP contribution in [0.3, 0.4) is 0 Å². The van der Waals surface area contributed by atoms with Gasteiger partial charge in [-0.05, 0) is 12.5 Å². The third-order valence-electron chi connectivity index (χ3n) is 5.85. The van der Waals surface area contributed by atoms with Crippen LogP contribution in [0.5, 0.6) is 0 Å². The lowest BCUT2D eigenvalue weighted by atomic mass is 10.0. The Morgan fingerprint density at radius 3 is 2.50 bits per heavy atom. The normalized spacial score (nSPS) is 14.8. The highest BCUT2D eigenvalue weighted by atomic mass is 16.4. The Balaban J connectivity index is 2.10. The van der Waals surface area contributed by atoms with E-state index in [2.05, 4.69) is 21.2 Å². The topological polar surface area (TPSA) is 95.0 Å². The second kappa shape index (κ2) is 11.0. The Kier molecular flexibility index (Phi) is 7.85. The number of rotatable bonds is 10. The first-order chi connectivity index (χ1) is 16.5. The zero-order valence-electron chi connectivity index (χ0n) is 19.0. The number of nitrogens with zero attached hydrogens (tertiary/aromatic N) is 5. The molecule has 0 unspecified atom stereocenters. The maximum absolute atomic E-state index is 13.4. The Morgan fingerprint density at radius 1 is 1.15 bits per heavy atom. The number of carbonyl (C=O) groups excluding carboxylic acids is 1. The molecule has 2 heterocycles. The summed E-state index contributed by atoms with van der Waals surface area (Å²) in [7, 11) is 0. The second-order valence-corrected chi connectivity index (χ2v) is 8.06. The number of amides is 1. The van der Waals surface area contributed by atoms with Gasteiger partial charge in [0.15, 0.2) is 0 Å². The number of carboxylic acid groups (broad SMARTS) is 1. The quantitative estimate of drug-likeness (QED) is 0.302. The van der Waals surface area contributed by atoms with Gasteiger partial charge in [0.1, 0.15) is 6.54 Å². The summed E-state index contributed by atoms with van der Waals surface area (Å²) in [5, 5.41) is 19.5. The largest absolute Gasteiger partial charge is 0.480 e. The lowest BCUT2D eigenvalue weighted by Gasteiger charge is -2.17. The molecule has 0 aliphatic carbocycles. The minimum Gasteiger partial charge on any atom is -0.480 e. The number of aryl methyl sites for hydroxylation is 1. The van der Waals surface area contributed by atoms with Crippen LogP contribution in [0, 0.1) is 24.5 Å². The highest BCUT2D eigenvalue weighted by Gasteiger charge is 2.40. The van der Waals surface area contributed by atoms with Crippen LogP contribution in [0.2, 0.25) is 0 Å². The SMILES string of the molecule is [C-]#[N+]C1=C(c2cn(CCCCCCCC)c3ccccc23)C(=O)N(CC(=O)O)/C1=C(\C#N)[N+]#[C-]. The van der Waals surface area contributed by atoms with Crippen molar-refractivity contribution < 1.29 is 14.7 Å². The van der Waals surface area contributed by atoms with E-state index >= 15 is 0 Å². The summed E-state index contributed by atoms with van der Waals surface area (Å²) in [4.78, 5) is 32.3. The number of carboxylic acids is 1. The van der Waals surface area contributed by atoms with Crippen molar-refractivity contribution in [2.45, 2.75) is 52.0 Å². The van der Waals surface area contributed by atoms with Crippen LogP contribution < -0.4 is 0 Å². The molecule has 0 atom stereocenters. The number of hydrogen-bond donors (Lipinski definition) is 1. The molecule has 0 saturated carbocycles. The van der Waals surface area contributed by atoms with Crippen molar-refractivity contribution in [2.24, 2.45) is 0 Å². The number of benzene rings is 1. The second-order valence-electron chi connectivity index (χ2n) is 8.06. The van der Waals surface area contributed by atoms with Gasteiger partial charge >= 0.3 is 5.97 Å². The van der Waals surface area contributed by atoms with E-state index in [4.69, 9.17) is 13.1 Å². The maximum Gasteiger partial charge on any atom is 0.323 e. The molecule has 1 N–H and O–H groups in total. The minimum atomic E-state index is -1.30. The molecule has 1 aromatic heterocycles. The Morgan fingerprint density at radius 2 is 1.85 bits per heavy atom. The zero-order valence-corrected chi connectivity index (χ0v) is 19.0. The maximum atomic E-state index is 13.4. The molecule has 3 rings (SSSR count). The van der Waals surface area contributed by atoms with E-state index in [-0.39, 0.29) is 17.0 Å². The summed E-state index contributed by atoms with van der Waals surface area (Å²) < 4.78 is 2.05. The fourth-order valence-electron chi connectivity index (χ4n) is 4.29. The van der Waals surface area contributed by atoms with Crippen LogP contribution in [0.25, 0.3) is 26.2 Å². The number of fused-ring (bicyclic) bond motifs is 1. The smallest absolute Gasteiger partial charge is 0.323 e. The zero-order chi connectivity index (χ0) is 24.7. The molecule has 0 radical (unpaired) electrons. The Hall–Kier alpha value is -4.35. The van der Waals surface area contributed by atoms with Crippen molar-refractivity contribution in [3.8, 4) is 6.07 Å². The van der Waals surface area contributed by atoms with Crippen molar-refractivity contribution in [1.29, 1.82) is 5.26 Å². The third-order valence-corrected chi connectivity index (χ3v) is 5.85. The number of para-hydroxylation sites is 1. The van der Waals surface area contributed by atoms with Crippen LogP contribution in [0.1, 0.15) is 51.0 Å². The molecule has 1 aromatic carbocycles. The first-order valence-electron chi connectivity index (χ1n) is 11.2. The van der Waals surface area contributed by atoms with Gasteiger partial charge in [-0.15, -0.1) is 0 Å². The Labute approximate surface area is 198 Å². The van der Waals surface area contributed by atoms with Gasteiger partial charge in [0.2, 0.25) is 11.6 Å². The molecule has 1 aliphatic heterocycles. The molecule has 1 aliphatic rings. The summed E-state index contributed by atoms with van der Waals surface area (Å²) in [5.41, 5.74) is 0.560. The molecule has 172 valence electrons. The van der Waals surface area contributed by atoms with Crippen molar-refractivity contribution >= 4 is 28.4 Å². The highest BCUT2D eigenvalue weighted by Crippen LogP contribution is 2.41. The van der Waals surface area contributed by atoms with E-state index in [9.17, 15) is 20.0 Å². The number of hydrogen-bond acceptors (Lipinski definition) is 3. The number of unbranched alkanes of at least 4 members (excludes halogenated alkanes) is 5. The average Bonchev–Trinajstić information content (AvgIpc) is 3.32. The molecular formula is C26H25N5O3. The number of allylic oxidation sites excluding steroid dienone is 1. The van der Waals surface area contributed by atoms with Crippen molar-refractivity contribution in [1.82, 2.24) is 9.47 Å². The molecule has 0 spiro atoms. The van der Waals surface area contributed by atoms with Crippen LogP contribution >= 0.6 is 0 Å². The lowest BCUT2D eigenvalue weighted by Crippen LogP contribution is -2.31. The van der Waals surface area contributed by atoms with Crippen molar-refractivity contribution in [3.63, 3.8) is 0 Å². The predicted octanol–water partition coefficient (Wildman–Crippen LogP) is 5.21. The van der Waals surface area contributed by atoms with Crippen LogP contribution in [0.4, 0.5) is 0 Å². The summed E-state index contributed by atoms with van der Waals surface area (Å²) in [6.07, 6.45) is 8.67. The van der Waals surface area contributed by atoms with Gasteiger partial charge in [-0.2, -0.15) is 0 Å². The Bertz CT molecular complexity index is 1290. The first-order valence-corrected chi connectivity index (χ1v) is 11.2. The van der Waals surface area contributed by atoms with Gasteiger partial charge in [0, 0.05) is 29.2 Å². The lowest BCUT2D eigenvalue weighted by molar-refractivity contribution is -0.141.